The molecule has 4 rings (SSSR count). The van der Waals surface area contributed by atoms with Gasteiger partial charge in [0.15, 0.2) is 0 Å². The number of likely N-dealkylation sites (tertiary alicyclic amines) is 1. The van der Waals surface area contributed by atoms with Gasteiger partial charge >= 0.3 is 0 Å². The minimum atomic E-state index is -0.503. The Bertz CT molecular complexity index is 845. The summed E-state index contributed by atoms with van der Waals surface area (Å²) in [5, 5.41) is 2.98. The Morgan fingerprint density at radius 3 is 2.54 bits per heavy atom. The number of hydrogen-bond acceptors (Lipinski definition) is 3. The van der Waals surface area contributed by atoms with Crippen molar-refractivity contribution in [1.29, 1.82) is 0 Å². The first-order valence-corrected chi connectivity index (χ1v) is 9.64. The van der Waals surface area contributed by atoms with Crippen molar-refractivity contribution in [3.05, 3.63) is 59.9 Å². The first kappa shape index (κ1) is 17.1. The second-order valence-electron chi connectivity index (χ2n) is 6.71. The van der Waals surface area contributed by atoms with Crippen molar-refractivity contribution in [2.24, 2.45) is 0 Å². The summed E-state index contributed by atoms with van der Waals surface area (Å²) in [5.74, 6) is 0.144. The van der Waals surface area contributed by atoms with Crippen LogP contribution in [0, 0.1) is 5.82 Å². The summed E-state index contributed by atoms with van der Waals surface area (Å²) in [6.45, 7) is 1.15. The average Bonchev–Trinajstić information content (AvgIpc) is 2.93. The highest BCUT2D eigenvalue weighted by Crippen LogP contribution is 2.44. The maximum absolute atomic E-state index is 12.9. The van der Waals surface area contributed by atoms with E-state index in [1.54, 1.807) is 12.1 Å². The smallest absolute Gasteiger partial charge is 0.235 e. The number of rotatable bonds is 3. The monoisotopic (exact) mass is 370 g/mol. The fraction of sp³-hybridized carbons (Fsp3) is 0.300. The molecule has 2 aliphatic heterocycles. The Morgan fingerprint density at radius 1 is 1.12 bits per heavy atom. The lowest BCUT2D eigenvalue weighted by Crippen LogP contribution is -2.48. The van der Waals surface area contributed by atoms with Crippen LogP contribution >= 0.6 is 11.8 Å². The fourth-order valence-electron chi connectivity index (χ4n) is 3.78. The molecule has 2 heterocycles. The van der Waals surface area contributed by atoms with Gasteiger partial charge < -0.3 is 10.2 Å². The maximum atomic E-state index is 12.9. The summed E-state index contributed by atoms with van der Waals surface area (Å²) in [6.07, 6.45) is 1.28. The molecule has 6 heteroatoms. The fourth-order valence-corrected chi connectivity index (χ4v) is 4.58. The summed E-state index contributed by atoms with van der Waals surface area (Å²) >= 11 is 1.41. The number of hydrogen-bond donors (Lipinski definition) is 1. The summed E-state index contributed by atoms with van der Waals surface area (Å²) in [7, 11) is 0. The van der Waals surface area contributed by atoms with Gasteiger partial charge in [0, 0.05) is 23.7 Å². The SMILES string of the molecule is O=C(CSc1ccc(F)cc1)N1CCC2(CC1)C(=O)Nc1ccccc12. The van der Waals surface area contributed by atoms with Gasteiger partial charge in [-0.3, -0.25) is 9.59 Å². The molecule has 0 unspecified atom stereocenters. The third kappa shape index (κ3) is 2.98. The molecule has 0 saturated carbocycles. The predicted molar refractivity (Wildman–Crippen MR) is 99.7 cm³/mol. The van der Waals surface area contributed by atoms with Crippen LogP contribution < -0.4 is 5.32 Å². The van der Waals surface area contributed by atoms with Crippen LogP contribution in [0.1, 0.15) is 18.4 Å². The number of fused-ring (bicyclic) bond motifs is 2. The van der Waals surface area contributed by atoms with Gasteiger partial charge in [0.25, 0.3) is 0 Å². The number of para-hydroxylation sites is 1. The Morgan fingerprint density at radius 2 is 1.81 bits per heavy atom. The standard InChI is InChI=1S/C20H19FN2O2S/c21-14-5-7-15(8-6-14)26-13-18(24)23-11-9-20(10-12-23)16-3-1-2-4-17(16)22-19(20)25/h1-8H,9-13H2,(H,22,25). The molecular weight excluding hydrogens is 351 g/mol. The van der Waals surface area contributed by atoms with Crippen LogP contribution in [0.25, 0.3) is 0 Å². The van der Waals surface area contributed by atoms with Crippen molar-refractivity contribution in [2.75, 3.05) is 24.2 Å². The third-order valence-corrected chi connectivity index (χ3v) is 6.27. The van der Waals surface area contributed by atoms with Crippen LogP contribution in [0.5, 0.6) is 0 Å². The molecule has 1 saturated heterocycles. The van der Waals surface area contributed by atoms with E-state index in [-0.39, 0.29) is 17.6 Å². The van der Waals surface area contributed by atoms with Gasteiger partial charge in [0.05, 0.1) is 11.2 Å². The van der Waals surface area contributed by atoms with E-state index in [4.69, 9.17) is 0 Å². The van der Waals surface area contributed by atoms with Crippen LogP contribution in [0.4, 0.5) is 10.1 Å². The van der Waals surface area contributed by atoms with E-state index in [0.29, 0.717) is 31.7 Å². The minimum absolute atomic E-state index is 0.0477. The van der Waals surface area contributed by atoms with Gasteiger partial charge in [-0.2, -0.15) is 0 Å². The lowest BCUT2D eigenvalue weighted by molar-refractivity contribution is -0.132. The molecule has 2 aliphatic rings. The number of halogens is 1. The van der Waals surface area contributed by atoms with E-state index in [2.05, 4.69) is 5.32 Å². The van der Waals surface area contributed by atoms with Crippen molar-refractivity contribution >= 4 is 29.3 Å². The number of benzene rings is 2. The first-order chi connectivity index (χ1) is 12.6. The summed E-state index contributed by atoms with van der Waals surface area (Å²) in [6, 6.07) is 14.0. The third-order valence-electron chi connectivity index (χ3n) is 5.27. The van der Waals surface area contributed by atoms with Gasteiger partial charge in [-0.05, 0) is 48.7 Å². The molecule has 1 spiro atoms. The molecular formula is C20H19FN2O2S. The summed E-state index contributed by atoms with van der Waals surface area (Å²) in [5.41, 5.74) is 1.44. The highest BCUT2D eigenvalue weighted by molar-refractivity contribution is 8.00. The summed E-state index contributed by atoms with van der Waals surface area (Å²) in [4.78, 5) is 27.8. The van der Waals surface area contributed by atoms with E-state index in [1.165, 1.54) is 23.9 Å². The molecule has 2 aromatic rings. The predicted octanol–water partition coefficient (Wildman–Crippen LogP) is 3.43. The highest BCUT2D eigenvalue weighted by atomic mass is 32.2. The zero-order chi connectivity index (χ0) is 18.1. The lowest BCUT2D eigenvalue weighted by Gasteiger charge is -2.38. The van der Waals surface area contributed by atoms with Crippen molar-refractivity contribution in [3.8, 4) is 0 Å². The molecule has 2 aromatic carbocycles. The number of nitrogens with one attached hydrogen (secondary N) is 1. The van der Waals surface area contributed by atoms with Gasteiger partial charge in [0.1, 0.15) is 5.82 Å². The second-order valence-corrected chi connectivity index (χ2v) is 7.75. The van der Waals surface area contributed by atoms with Crippen molar-refractivity contribution in [2.45, 2.75) is 23.2 Å². The molecule has 26 heavy (non-hydrogen) atoms. The van der Waals surface area contributed by atoms with Gasteiger partial charge in [-0.15, -0.1) is 11.8 Å². The number of nitrogens with zero attached hydrogens (tertiary/aromatic N) is 1. The molecule has 0 bridgehead atoms. The second kappa shape index (κ2) is 6.76. The van der Waals surface area contributed by atoms with E-state index < -0.39 is 5.41 Å². The normalized spacial score (nSPS) is 17.9. The number of anilines is 1. The van der Waals surface area contributed by atoms with Crippen LogP contribution in [0.15, 0.2) is 53.4 Å². The number of carbonyl (C=O) groups is 2. The molecule has 0 aromatic heterocycles. The highest BCUT2D eigenvalue weighted by Gasteiger charge is 2.48. The number of carbonyl (C=O) groups excluding carboxylic acids is 2. The van der Waals surface area contributed by atoms with Crippen LogP contribution in [-0.4, -0.2) is 35.6 Å². The number of piperidine rings is 1. The molecule has 1 N–H and O–H groups in total. The van der Waals surface area contributed by atoms with E-state index in [9.17, 15) is 14.0 Å². The van der Waals surface area contributed by atoms with Crippen LogP contribution in [0.2, 0.25) is 0 Å². The molecule has 1 fully saturated rings. The average molecular weight is 370 g/mol. The van der Waals surface area contributed by atoms with E-state index >= 15 is 0 Å². The molecule has 134 valence electrons. The number of thioether (sulfide) groups is 1. The topological polar surface area (TPSA) is 49.4 Å². The summed E-state index contributed by atoms with van der Waals surface area (Å²) < 4.78 is 12.9. The Hall–Kier alpha value is -2.34. The zero-order valence-corrected chi connectivity index (χ0v) is 15.0. The quantitative estimate of drug-likeness (QED) is 0.842. The van der Waals surface area contributed by atoms with E-state index in [0.717, 1.165) is 16.1 Å². The molecule has 2 amide bonds. The Balaban J connectivity index is 1.38. The maximum Gasteiger partial charge on any atom is 0.235 e. The van der Waals surface area contributed by atoms with Gasteiger partial charge in [-0.1, -0.05) is 18.2 Å². The Kier molecular flexibility index (Phi) is 4.44. The first-order valence-electron chi connectivity index (χ1n) is 8.66. The van der Waals surface area contributed by atoms with Gasteiger partial charge in [-0.25, -0.2) is 4.39 Å². The van der Waals surface area contributed by atoms with Gasteiger partial charge in [0.2, 0.25) is 11.8 Å². The zero-order valence-electron chi connectivity index (χ0n) is 14.2. The molecule has 4 nitrogen and oxygen atoms in total. The van der Waals surface area contributed by atoms with Crippen molar-refractivity contribution in [1.82, 2.24) is 4.90 Å². The van der Waals surface area contributed by atoms with Crippen LogP contribution in [-0.2, 0) is 15.0 Å². The molecule has 0 radical (unpaired) electrons. The van der Waals surface area contributed by atoms with Crippen molar-refractivity contribution < 1.29 is 14.0 Å². The number of amides is 2. The lowest BCUT2D eigenvalue weighted by atomic mass is 9.73. The Labute approximate surface area is 155 Å². The largest absolute Gasteiger partial charge is 0.342 e. The van der Waals surface area contributed by atoms with Crippen molar-refractivity contribution in [3.63, 3.8) is 0 Å². The van der Waals surface area contributed by atoms with Crippen LogP contribution in [0.3, 0.4) is 0 Å². The molecule has 0 atom stereocenters. The minimum Gasteiger partial charge on any atom is -0.342 e. The molecule has 0 aliphatic carbocycles. The van der Waals surface area contributed by atoms with E-state index in [1.807, 2.05) is 29.2 Å².